The Labute approximate surface area is 100 Å². The van der Waals surface area contributed by atoms with E-state index in [1.165, 1.54) is 24.8 Å². The molecular formula is C15H25N. The fourth-order valence-electron chi connectivity index (χ4n) is 2.35. The van der Waals surface area contributed by atoms with Gasteiger partial charge >= 0.3 is 0 Å². The van der Waals surface area contributed by atoms with E-state index in [1.54, 1.807) is 0 Å². The molecule has 0 bridgehead atoms. The molecule has 1 rings (SSSR count). The van der Waals surface area contributed by atoms with Crippen LogP contribution in [0.4, 0.5) is 0 Å². The third-order valence-electron chi connectivity index (χ3n) is 3.25. The van der Waals surface area contributed by atoms with E-state index < -0.39 is 0 Å². The van der Waals surface area contributed by atoms with Gasteiger partial charge in [-0.1, -0.05) is 51.1 Å². The first-order valence-corrected chi connectivity index (χ1v) is 6.61. The third-order valence-corrected chi connectivity index (χ3v) is 3.25. The topological polar surface area (TPSA) is 12.0 Å². The second-order valence-electron chi connectivity index (χ2n) is 4.39. The Bertz CT molecular complexity index is 268. The third kappa shape index (κ3) is 3.64. The van der Waals surface area contributed by atoms with Crippen molar-refractivity contribution in [3.63, 3.8) is 0 Å². The van der Waals surface area contributed by atoms with E-state index in [-0.39, 0.29) is 0 Å². The molecule has 0 aliphatic heterocycles. The summed E-state index contributed by atoms with van der Waals surface area (Å²) >= 11 is 0. The van der Waals surface area contributed by atoms with Gasteiger partial charge in [-0.3, -0.25) is 0 Å². The molecule has 1 aromatic carbocycles. The van der Waals surface area contributed by atoms with Crippen molar-refractivity contribution in [1.29, 1.82) is 0 Å². The molecule has 0 spiro atoms. The van der Waals surface area contributed by atoms with Crippen LogP contribution in [0, 0.1) is 0 Å². The van der Waals surface area contributed by atoms with Crippen molar-refractivity contribution < 1.29 is 0 Å². The maximum atomic E-state index is 3.67. The summed E-state index contributed by atoms with van der Waals surface area (Å²) < 4.78 is 0. The Hall–Kier alpha value is -0.820. The van der Waals surface area contributed by atoms with Gasteiger partial charge < -0.3 is 5.32 Å². The Morgan fingerprint density at radius 2 is 1.69 bits per heavy atom. The Balaban J connectivity index is 2.71. The van der Waals surface area contributed by atoms with Gasteiger partial charge in [-0.2, -0.15) is 0 Å². The molecule has 90 valence electrons. The van der Waals surface area contributed by atoms with Crippen LogP contribution in [0.25, 0.3) is 0 Å². The van der Waals surface area contributed by atoms with E-state index in [9.17, 15) is 0 Å². The fraction of sp³-hybridized carbons (Fsp3) is 0.600. The van der Waals surface area contributed by atoms with Gasteiger partial charge in [-0.05, 0) is 37.3 Å². The van der Waals surface area contributed by atoms with Crippen molar-refractivity contribution in [1.82, 2.24) is 5.32 Å². The second-order valence-corrected chi connectivity index (χ2v) is 4.39. The molecule has 1 nitrogen and oxygen atoms in total. The highest BCUT2D eigenvalue weighted by Crippen LogP contribution is 2.24. The standard InChI is InChI=1S/C15H25N/c1-4-12-16-15(6-3)14(5-2)13-10-8-7-9-11-13/h7-11,14-16H,4-6,12H2,1-3H3. The van der Waals surface area contributed by atoms with Crippen LogP contribution in [0.3, 0.4) is 0 Å². The highest BCUT2D eigenvalue weighted by Gasteiger charge is 2.18. The first-order chi connectivity index (χ1) is 7.83. The smallest absolute Gasteiger partial charge is 0.0133 e. The molecule has 0 radical (unpaired) electrons. The van der Waals surface area contributed by atoms with Crippen LogP contribution in [0.5, 0.6) is 0 Å². The SMILES string of the molecule is CCCNC(CC)C(CC)c1ccccc1. The molecule has 2 atom stereocenters. The number of nitrogens with one attached hydrogen (secondary N) is 1. The Morgan fingerprint density at radius 3 is 2.19 bits per heavy atom. The summed E-state index contributed by atoms with van der Waals surface area (Å²) in [5, 5.41) is 3.67. The van der Waals surface area contributed by atoms with Gasteiger partial charge in [0.05, 0.1) is 0 Å². The molecule has 0 aromatic heterocycles. The Morgan fingerprint density at radius 1 is 1.00 bits per heavy atom. The Kier molecular flexibility index (Phi) is 6.17. The number of hydrogen-bond donors (Lipinski definition) is 1. The molecule has 0 amide bonds. The fourth-order valence-corrected chi connectivity index (χ4v) is 2.35. The zero-order valence-corrected chi connectivity index (χ0v) is 10.9. The lowest BCUT2D eigenvalue weighted by Gasteiger charge is -2.26. The van der Waals surface area contributed by atoms with Crippen molar-refractivity contribution in [2.24, 2.45) is 0 Å². The maximum Gasteiger partial charge on any atom is 0.0133 e. The minimum absolute atomic E-state index is 0.618. The summed E-state index contributed by atoms with van der Waals surface area (Å²) in [6.45, 7) is 7.91. The quantitative estimate of drug-likeness (QED) is 0.732. The van der Waals surface area contributed by atoms with Gasteiger partial charge in [-0.15, -0.1) is 0 Å². The minimum Gasteiger partial charge on any atom is -0.313 e. The zero-order chi connectivity index (χ0) is 11.8. The van der Waals surface area contributed by atoms with E-state index in [1.807, 2.05) is 0 Å². The molecular weight excluding hydrogens is 194 g/mol. The van der Waals surface area contributed by atoms with E-state index in [4.69, 9.17) is 0 Å². The van der Waals surface area contributed by atoms with Gasteiger partial charge in [0.2, 0.25) is 0 Å². The van der Waals surface area contributed by atoms with Crippen molar-refractivity contribution in [2.45, 2.75) is 52.0 Å². The van der Waals surface area contributed by atoms with Crippen LogP contribution < -0.4 is 5.32 Å². The lowest BCUT2D eigenvalue weighted by Crippen LogP contribution is -2.34. The lowest BCUT2D eigenvalue weighted by molar-refractivity contribution is 0.411. The summed E-state index contributed by atoms with van der Waals surface area (Å²) in [6, 6.07) is 11.5. The van der Waals surface area contributed by atoms with Gasteiger partial charge in [0.1, 0.15) is 0 Å². The molecule has 1 N–H and O–H groups in total. The van der Waals surface area contributed by atoms with Crippen molar-refractivity contribution in [2.75, 3.05) is 6.54 Å². The van der Waals surface area contributed by atoms with Crippen LogP contribution >= 0.6 is 0 Å². The predicted octanol–water partition coefficient (Wildman–Crippen LogP) is 3.96. The van der Waals surface area contributed by atoms with Crippen LogP contribution in [0.2, 0.25) is 0 Å². The number of hydrogen-bond acceptors (Lipinski definition) is 1. The summed E-state index contributed by atoms with van der Waals surface area (Å²) in [5.74, 6) is 0.651. The minimum atomic E-state index is 0.618. The number of rotatable bonds is 7. The van der Waals surface area contributed by atoms with Crippen molar-refractivity contribution >= 4 is 0 Å². The lowest BCUT2D eigenvalue weighted by atomic mass is 9.87. The van der Waals surface area contributed by atoms with Gasteiger partial charge in [-0.25, -0.2) is 0 Å². The monoisotopic (exact) mass is 219 g/mol. The van der Waals surface area contributed by atoms with Gasteiger partial charge in [0, 0.05) is 6.04 Å². The normalized spacial score (nSPS) is 14.7. The predicted molar refractivity (Wildman–Crippen MR) is 71.8 cm³/mol. The van der Waals surface area contributed by atoms with Crippen LogP contribution in [-0.4, -0.2) is 12.6 Å². The molecule has 0 saturated carbocycles. The first-order valence-electron chi connectivity index (χ1n) is 6.61. The van der Waals surface area contributed by atoms with Gasteiger partial charge in [0.25, 0.3) is 0 Å². The molecule has 0 aliphatic carbocycles. The van der Waals surface area contributed by atoms with E-state index in [0.29, 0.717) is 12.0 Å². The highest BCUT2D eigenvalue weighted by atomic mass is 14.9. The van der Waals surface area contributed by atoms with E-state index in [2.05, 4.69) is 56.4 Å². The number of benzene rings is 1. The van der Waals surface area contributed by atoms with Crippen molar-refractivity contribution in [3.05, 3.63) is 35.9 Å². The maximum absolute atomic E-state index is 3.67. The van der Waals surface area contributed by atoms with Crippen molar-refractivity contribution in [3.8, 4) is 0 Å². The summed E-state index contributed by atoms with van der Waals surface area (Å²) in [7, 11) is 0. The average Bonchev–Trinajstić information content (AvgIpc) is 2.35. The van der Waals surface area contributed by atoms with Crippen LogP contribution in [0.15, 0.2) is 30.3 Å². The molecule has 2 unspecified atom stereocenters. The molecule has 0 saturated heterocycles. The molecule has 0 fully saturated rings. The van der Waals surface area contributed by atoms with E-state index in [0.717, 1.165) is 6.54 Å². The summed E-state index contributed by atoms with van der Waals surface area (Å²) in [6.07, 6.45) is 3.62. The van der Waals surface area contributed by atoms with Crippen LogP contribution in [0.1, 0.15) is 51.5 Å². The molecule has 1 aromatic rings. The summed E-state index contributed by atoms with van der Waals surface area (Å²) in [5.41, 5.74) is 1.47. The van der Waals surface area contributed by atoms with Crippen LogP contribution in [-0.2, 0) is 0 Å². The molecule has 16 heavy (non-hydrogen) atoms. The average molecular weight is 219 g/mol. The van der Waals surface area contributed by atoms with Gasteiger partial charge in [0.15, 0.2) is 0 Å². The molecule has 1 heteroatoms. The molecule has 0 heterocycles. The largest absolute Gasteiger partial charge is 0.313 e. The second kappa shape index (κ2) is 7.45. The first kappa shape index (κ1) is 13.2. The highest BCUT2D eigenvalue weighted by molar-refractivity contribution is 5.21. The summed E-state index contributed by atoms with van der Waals surface area (Å²) in [4.78, 5) is 0. The molecule has 0 aliphatic rings. The van der Waals surface area contributed by atoms with E-state index >= 15 is 0 Å². The zero-order valence-electron chi connectivity index (χ0n) is 10.9.